The van der Waals surface area contributed by atoms with Gasteiger partial charge in [-0.05, 0) is 20.9 Å². The second kappa shape index (κ2) is 4.07. The number of aliphatic hydroxyl groups excluding tert-OH is 1. The topological polar surface area (TPSA) is 43.8 Å². The summed E-state index contributed by atoms with van der Waals surface area (Å²) in [6.45, 7) is 6.03. The van der Waals surface area contributed by atoms with E-state index in [0.29, 0.717) is 0 Å². The lowest BCUT2D eigenvalue weighted by molar-refractivity contribution is -0.143. The SMILES string of the molecule is CC1CN(C)CCN1C(=O)[C@@H](C)O. The van der Waals surface area contributed by atoms with Crippen LogP contribution in [-0.4, -0.2) is 59.6 Å². The molecule has 1 saturated heterocycles. The molecule has 0 radical (unpaired) electrons. The van der Waals surface area contributed by atoms with Crippen molar-refractivity contribution in [1.29, 1.82) is 0 Å². The Bertz CT molecular complexity index is 194. The maximum atomic E-state index is 11.5. The first kappa shape index (κ1) is 10.5. The largest absolute Gasteiger partial charge is 0.384 e. The van der Waals surface area contributed by atoms with Crippen molar-refractivity contribution >= 4 is 5.91 Å². The quantitative estimate of drug-likeness (QED) is 0.602. The highest BCUT2D eigenvalue weighted by molar-refractivity contribution is 5.80. The summed E-state index contributed by atoms with van der Waals surface area (Å²) >= 11 is 0. The zero-order chi connectivity index (χ0) is 10.0. The zero-order valence-electron chi connectivity index (χ0n) is 8.53. The third-order valence-corrected chi connectivity index (χ3v) is 2.47. The number of piperazine rings is 1. The molecule has 0 aromatic carbocycles. The highest BCUT2D eigenvalue weighted by Crippen LogP contribution is 2.09. The molecule has 1 N–H and O–H groups in total. The minimum absolute atomic E-state index is 0.152. The molecule has 1 aliphatic rings. The predicted molar refractivity (Wildman–Crippen MR) is 50.4 cm³/mol. The van der Waals surface area contributed by atoms with Crippen molar-refractivity contribution in [3.05, 3.63) is 0 Å². The van der Waals surface area contributed by atoms with Crippen LogP contribution in [-0.2, 0) is 4.79 Å². The normalized spacial score (nSPS) is 27.4. The van der Waals surface area contributed by atoms with E-state index in [1.165, 1.54) is 6.92 Å². The van der Waals surface area contributed by atoms with Gasteiger partial charge in [-0.25, -0.2) is 0 Å². The van der Waals surface area contributed by atoms with E-state index in [0.717, 1.165) is 19.6 Å². The van der Waals surface area contributed by atoms with E-state index in [9.17, 15) is 4.79 Å². The first-order valence-corrected chi connectivity index (χ1v) is 4.69. The molecule has 0 bridgehead atoms. The number of likely N-dealkylation sites (N-methyl/N-ethyl adjacent to an activating group) is 1. The van der Waals surface area contributed by atoms with Gasteiger partial charge in [0.2, 0.25) is 0 Å². The number of hydrogen-bond donors (Lipinski definition) is 1. The van der Waals surface area contributed by atoms with Gasteiger partial charge >= 0.3 is 0 Å². The monoisotopic (exact) mass is 186 g/mol. The summed E-state index contributed by atoms with van der Waals surface area (Å²) in [5.74, 6) is -0.152. The van der Waals surface area contributed by atoms with E-state index in [2.05, 4.69) is 4.90 Å². The zero-order valence-corrected chi connectivity index (χ0v) is 8.53. The van der Waals surface area contributed by atoms with Crippen LogP contribution in [0.2, 0.25) is 0 Å². The third kappa shape index (κ3) is 2.42. The average molecular weight is 186 g/mol. The van der Waals surface area contributed by atoms with Gasteiger partial charge in [-0.3, -0.25) is 4.79 Å². The second-order valence-electron chi connectivity index (χ2n) is 3.82. The maximum Gasteiger partial charge on any atom is 0.251 e. The van der Waals surface area contributed by atoms with Gasteiger partial charge < -0.3 is 14.9 Å². The van der Waals surface area contributed by atoms with Crippen LogP contribution in [0.4, 0.5) is 0 Å². The number of carbonyl (C=O) groups excluding carboxylic acids is 1. The summed E-state index contributed by atoms with van der Waals surface area (Å²) in [7, 11) is 2.04. The lowest BCUT2D eigenvalue weighted by Crippen LogP contribution is -2.54. The smallest absolute Gasteiger partial charge is 0.251 e. The molecular weight excluding hydrogens is 168 g/mol. The second-order valence-corrected chi connectivity index (χ2v) is 3.82. The Morgan fingerprint density at radius 1 is 1.54 bits per heavy atom. The standard InChI is InChI=1S/C9H18N2O2/c1-7-6-10(3)4-5-11(7)9(13)8(2)12/h7-8,12H,4-6H2,1-3H3/t7?,8-/m1/s1. The van der Waals surface area contributed by atoms with E-state index in [-0.39, 0.29) is 11.9 Å². The minimum atomic E-state index is -0.870. The number of carbonyl (C=O) groups is 1. The molecule has 0 spiro atoms. The van der Waals surface area contributed by atoms with Crippen molar-refractivity contribution in [2.24, 2.45) is 0 Å². The number of hydrogen-bond acceptors (Lipinski definition) is 3. The summed E-state index contributed by atoms with van der Waals surface area (Å²) < 4.78 is 0. The van der Waals surface area contributed by atoms with E-state index in [4.69, 9.17) is 5.11 Å². The van der Waals surface area contributed by atoms with Crippen molar-refractivity contribution in [2.45, 2.75) is 26.0 Å². The van der Waals surface area contributed by atoms with Gasteiger partial charge in [0, 0.05) is 25.7 Å². The molecule has 4 nitrogen and oxygen atoms in total. The van der Waals surface area contributed by atoms with Gasteiger partial charge in [-0.2, -0.15) is 0 Å². The van der Waals surface area contributed by atoms with Crippen LogP contribution in [0.5, 0.6) is 0 Å². The van der Waals surface area contributed by atoms with Crippen LogP contribution in [0.25, 0.3) is 0 Å². The number of amides is 1. The molecule has 0 aliphatic carbocycles. The fraction of sp³-hybridized carbons (Fsp3) is 0.889. The first-order chi connectivity index (χ1) is 6.02. The van der Waals surface area contributed by atoms with Crippen molar-refractivity contribution in [1.82, 2.24) is 9.80 Å². The summed E-state index contributed by atoms with van der Waals surface area (Å²) in [6.07, 6.45) is -0.870. The van der Waals surface area contributed by atoms with Gasteiger partial charge in [0.1, 0.15) is 6.10 Å². The lowest BCUT2D eigenvalue weighted by atomic mass is 10.2. The fourth-order valence-corrected chi connectivity index (χ4v) is 1.71. The van der Waals surface area contributed by atoms with E-state index in [1.54, 1.807) is 4.90 Å². The van der Waals surface area contributed by atoms with Crippen molar-refractivity contribution in [3.63, 3.8) is 0 Å². The van der Waals surface area contributed by atoms with Crippen LogP contribution in [0.3, 0.4) is 0 Å². The third-order valence-electron chi connectivity index (χ3n) is 2.47. The van der Waals surface area contributed by atoms with Crippen molar-refractivity contribution in [3.8, 4) is 0 Å². The van der Waals surface area contributed by atoms with Gasteiger partial charge in [0.25, 0.3) is 5.91 Å². The van der Waals surface area contributed by atoms with Crippen LogP contribution in [0.1, 0.15) is 13.8 Å². The molecule has 0 saturated carbocycles. The Labute approximate surface area is 79.1 Å². The first-order valence-electron chi connectivity index (χ1n) is 4.69. The Hall–Kier alpha value is -0.610. The van der Waals surface area contributed by atoms with Gasteiger partial charge in [-0.1, -0.05) is 0 Å². The molecule has 1 unspecified atom stereocenters. The van der Waals surface area contributed by atoms with Crippen molar-refractivity contribution < 1.29 is 9.90 Å². The number of rotatable bonds is 1. The summed E-state index contributed by atoms with van der Waals surface area (Å²) in [6, 6.07) is 0.209. The number of nitrogens with zero attached hydrogens (tertiary/aromatic N) is 2. The molecule has 4 heteroatoms. The lowest BCUT2D eigenvalue weighted by Gasteiger charge is -2.38. The summed E-state index contributed by atoms with van der Waals surface area (Å²) in [5, 5.41) is 9.15. The summed E-state index contributed by atoms with van der Waals surface area (Å²) in [5.41, 5.74) is 0. The maximum absolute atomic E-state index is 11.5. The van der Waals surface area contributed by atoms with Crippen LogP contribution in [0, 0.1) is 0 Å². The predicted octanol–water partition coefficient (Wildman–Crippen LogP) is -0.470. The molecule has 2 atom stereocenters. The molecule has 1 aliphatic heterocycles. The molecular formula is C9H18N2O2. The fourth-order valence-electron chi connectivity index (χ4n) is 1.71. The molecule has 1 fully saturated rings. The molecule has 13 heavy (non-hydrogen) atoms. The Morgan fingerprint density at radius 2 is 2.15 bits per heavy atom. The molecule has 1 heterocycles. The van der Waals surface area contributed by atoms with Gasteiger partial charge in [-0.15, -0.1) is 0 Å². The van der Waals surface area contributed by atoms with Crippen LogP contribution >= 0.6 is 0 Å². The molecule has 1 rings (SSSR count). The van der Waals surface area contributed by atoms with Crippen molar-refractivity contribution in [2.75, 3.05) is 26.7 Å². The Morgan fingerprint density at radius 3 is 2.62 bits per heavy atom. The molecule has 76 valence electrons. The molecule has 0 aromatic rings. The van der Waals surface area contributed by atoms with E-state index >= 15 is 0 Å². The van der Waals surface area contributed by atoms with Crippen LogP contribution < -0.4 is 0 Å². The van der Waals surface area contributed by atoms with E-state index in [1.807, 2.05) is 14.0 Å². The Kier molecular flexibility index (Phi) is 3.27. The minimum Gasteiger partial charge on any atom is -0.384 e. The average Bonchev–Trinajstić information content (AvgIpc) is 2.03. The molecule has 0 aromatic heterocycles. The van der Waals surface area contributed by atoms with Crippen LogP contribution in [0.15, 0.2) is 0 Å². The molecule has 1 amide bonds. The highest BCUT2D eigenvalue weighted by Gasteiger charge is 2.27. The Balaban J connectivity index is 2.56. The van der Waals surface area contributed by atoms with E-state index < -0.39 is 6.10 Å². The summed E-state index contributed by atoms with van der Waals surface area (Å²) in [4.78, 5) is 15.4. The van der Waals surface area contributed by atoms with Gasteiger partial charge in [0.05, 0.1) is 0 Å². The van der Waals surface area contributed by atoms with Gasteiger partial charge in [0.15, 0.2) is 0 Å². The highest BCUT2D eigenvalue weighted by atomic mass is 16.3. The number of aliphatic hydroxyl groups is 1.